The van der Waals surface area contributed by atoms with Gasteiger partial charge in [0.15, 0.2) is 0 Å². The summed E-state index contributed by atoms with van der Waals surface area (Å²) in [7, 11) is 0. The average Bonchev–Trinajstić information content (AvgIpc) is 2.35. The molecule has 102 valence electrons. The maximum Gasteiger partial charge on any atom is 0.119 e. The summed E-state index contributed by atoms with van der Waals surface area (Å²) in [6, 6.07) is 8.96. The summed E-state index contributed by atoms with van der Waals surface area (Å²) in [5.74, 6) is 1.66. The molecule has 1 N–H and O–H groups in total. The van der Waals surface area contributed by atoms with Crippen LogP contribution in [0.3, 0.4) is 0 Å². The van der Waals surface area contributed by atoms with Gasteiger partial charge in [0, 0.05) is 6.04 Å². The summed E-state index contributed by atoms with van der Waals surface area (Å²) in [5.41, 5.74) is 1.36. The minimum absolute atomic E-state index is 0.459. The average molecular weight is 249 g/mol. The lowest BCUT2D eigenvalue weighted by Crippen LogP contribution is -2.23. The monoisotopic (exact) mass is 249 g/mol. The van der Waals surface area contributed by atoms with Gasteiger partial charge in [-0.15, -0.1) is 0 Å². The van der Waals surface area contributed by atoms with Crippen molar-refractivity contribution in [2.45, 2.75) is 46.6 Å². The number of hydrogen-bond donors (Lipinski definition) is 1. The van der Waals surface area contributed by atoms with Crippen molar-refractivity contribution in [3.05, 3.63) is 29.8 Å². The van der Waals surface area contributed by atoms with E-state index in [9.17, 15) is 0 Å². The fourth-order valence-corrected chi connectivity index (χ4v) is 2.09. The van der Waals surface area contributed by atoms with Crippen LogP contribution in [0, 0.1) is 5.92 Å². The molecule has 0 aliphatic rings. The molecule has 0 saturated heterocycles. The zero-order chi connectivity index (χ0) is 13.4. The topological polar surface area (TPSA) is 21.3 Å². The fourth-order valence-electron chi connectivity index (χ4n) is 2.09. The second-order valence-corrected chi connectivity index (χ2v) is 5.14. The van der Waals surface area contributed by atoms with E-state index in [-0.39, 0.29) is 0 Å². The van der Waals surface area contributed by atoms with Crippen molar-refractivity contribution in [2.24, 2.45) is 5.92 Å². The summed E-state index contributed by atoms with van der Waals surface area (Å²) < 4.78 is 5.48. The maximum absolute atomic E-state index is 5.48. The third-order valence-electron chi connectivity index (χ3n) is 2.94. The molecule has 18 heavy (non-hydrogen) atoms. The van der Waals surface area contributed by atoms with E-state index >= 15 is 0 Å². The minimum Gasteiger partial charge on any atom is -0.494 e. The van der Waals surface area contributed by atoms with Crippen molar-refractivity contribution < 1.29 is 4.74 Å². The quantitative estimate of drug-likeness (QED) is 0.746. The zero-order valence-electron chi connectivity index (χ0n) is 12.2. The van der Waals surface area contributed by atoms with Crippen LogP contribution in [0.5, 0.6) is 5.75 Å². The Kier molecular flexibility index (Phi) is 6.81. The minimum atomic E-state index is 0.459. The van der Waals surface area contributed by atoms with Crippen LogP contribution in [0.2, 0.25) is 0 Å². The van der Waals surface area contributed by atoms with Gasteiger partial charge in [-0.2, -0.15) is 0 Å². The third-order valence-corrected chi connectivity index (χ3v) is 2.94. The first-order chi connectivity index (χ1) is 8.67. The van der Waals surface area contributed by atoms with Crippen LogP contribution in [0.1, 0.15) is 52.1 Å². The summed E-state index contributed by atoms with van der Waals surface area (Å²) in [5, 5.41) is 3.63. The Morgan fingerprint density at radius 1 is 1.11 bits per heavy atom. The molecule has 1 rings (SSSR count). The van der Waals surface area contributed by atoms with E-state index in [1.54, 1.807) is 0 Å². The van der Waals surface area contributed by atoms with E-state index in [2.05, 4.69) is 50.4 Å². The van der Waals surface area contributed by atoms with E-state index in [1.807, 2.05) is 6.92 Å². The summed E-state index contributed by atoms with van der Waals surface area (Å²) in [6.45, 7) is 10.6. The molecular weight excluding hydrogens is 222 g/mol. The molecule has 0 aliphatic carbocycles. The number of benzene rings is 1. The van der Waals surface area contributed by atoms with Crippen LogP contribution in [0.25, 0.3) is 0 Å². The highest BCUT2D eigenvalue weighted by atomic mass is 16.5. The number of rotatable bonds is 8. The lowest BCUT2D eigenvalue weighted by molar-refractivity contribution is 0.340. The molecule has 0 heterocycles. The second kappa shape index (κ2) is 8.15. The number of nitrogens with one attached hydrogen (secondary N) is 1. The van der Waals surface area contributed by atoms with Crippen molar-refractivity contribution >= 4 is 0 Å². The van der Waals surface area contributed by atoms with Gasteiger partial charge in [-0.05, 0) is 49.9 Å². The Bertz CT molecular complexity index is 318. The number of ether oxygens (including phenoxy) is 1. The van der Waals surface area contributed by atoms with Gasteiger partial charge in [0.25, 0.3) is 0 Å². The van der Waals surface area contributed by atoms with Gasteiger partial charge < -0.3 is 10.1 Å². The SMILES string of the molecule is CCCNC(CC(C)C)c1ccc(OCC)cc1. The third kappa shape index (κ3) is 5.09. The predicted octanol–water partition coefficient (Wildman–Crippen LogP) is 4.17. The Balaban J connectivity index is 2.70. The lowest BCUT2D eigenvalue weighted by atomic mass is 9.97. The lowest BCUT2D eigenvalue weighted by Gasteiger charge is -2.21. The van der Waals surface area contributed by atoms with Crippen LogP contribution in [-0.4, -0.2) is 13.2 Å². The van der Waals surface area contributed by atoms with Gasteiger partial charge in [0.2, 0.25) is 0 Å². The first-order valence-corrected chi connectivity index (χ1v) is 7.13. The normalized spacial score (nSPS) is 12.7. The first-order valence-electron chi connectivity index (χ1n) is 7.13. The van der Waals surface area contributed by atoms with Crippen molar-refractivity contribution in [1.82, 2.24) is 5.32 Å². The second-order valence-electron chi connectivity index (χ2n) is 5.14. The molecule has 0 bridgehead atoms. The van der Waals surface area contributed by atoms with Gasteiger partial charge in [0.1, 0.15) is 5.75 Å². The molecule has 2 heteroatoms. The fraction of sp³-hybridized carbons (Fsp3) is 0.625. The molecule has 2 nitrogen and oxygen atoms in total. The molecule has 0 aliphatic heterocycles. The maximum atomic E-state index is 5.48. The van der Waals surface area contributed by atoms with Gasteiger partial charge in [0.05, 0.1) is 6.61 Å². The predicted molar refractivity (Wildman–Crippen MR) is 78.1 cm³/mol. The molecule has 0 fully saturated rings. The van der Waals surface area contributed by atoms with Crippen molar-refractivity contribution in [3.63, 3.8) is 0 Å². The number of hydrogen-bond acceptors (Lipinski definition) is 2. The highest BCUT2D eigenvalue weighted by Crippen LogP contribution is 2.23. The Labute approximate surface area is 112 Å². The molecule has 1 aromatic carbocycles. The van der Waals surface area contributed by atoms with Crippen molar-refractivity contribution in [1.29, 1.82) is 0 Å². The van der Waals surface area contributed by atoms with Crippen LogP contribution in [-0.2, 0) is 0 Å². The van der Waals surface area contributed by atoms with Crippen molar-refractivity contribution in [2.75, 3.05) is 13.2 Å². The molecule has 0 amide bonds. The molecule has 0 spiro atoms. The standard InChI is InChI=1S/C16H27NO/c1-5-11-17-16(12-13(3)4)14-7-9-15(10-8-14)18-6-2/h7-10,13,16-17H,5-6,11-12H2,1-4H3. The molecule has 1 unspecified atom stereocenters. The Hall–Kier alpha value is -1.02. The van der Waals surface area contributed by atoms with Crippen LogP contribution in [0.4, 0.5) is 0 Å². The molecule has 0 saturated carbocycles. The van der Waals surface area contributed by atoms with Gasteiger partial charge in [-0.3, -0.25) is 0 Å². The largest absolute Gasteiger partial charge is 0.494 e. The van der Waals surface area contributed by atoms with E-state index in [4.69, 9.17) is 4.74 Å². The van der Waals surface area contributed by atoms with Crippen LogP contribution in [0.15, 0.2) is 24.3 Å². The van der Waals surface area contributed by atoms with E-state index in [0.717, 1.165) is 18.9 Å². The summed E-state index contributed by atoms with van der Waals surface area (Å²) in [6.07, 6.45) is 2.35. The Morgan fingerprint density at radius 2 is 1.78 bits per heavy atom. The molecule has 0 aromatic heterocycles. The van der Waals surface area contributed by atoms with E-state index in [0.29, 0.717) is 12.0 Å². The van der Waals surface area contributed by atoms with E-state index in [1.165, 1.54) is 18.4 Å². The highest BCUT2D eigenvalue weighted by molar-refractivity contribution is 5.29. The first kappa shape index (κ1) is 15.0. The zero-order valence-corrected chi connectivity index (χ0v) is 12.2. The van der Waals surface area contributed by atoms with Crippen LogP contribution < -0.4 is 10.1 Å². The van der Waals surface area contributed by atoms with Gasteiger partial charge in [-0.25, -0.2) is 0 Å². The molecule has 1 aromatic rings. The van der Waals surface area contributed by atoms with Gasteiger partial charge in [-0.1, -0.05) is 32.9 Å². The smallest absolute Gasteiger partial charge is 0.119 e. The Morgan fingerprint density at radius 3 is 2.28 bits per heavy atom. The summed E-state index contributed by atoms with van der Waals surface area (Å²) >= 11 is 0. The molecular formula is C16H27NO. The highest BCUT2D eigenvalue weighted by Gasteiger charge is 2.12. The summed E-state index contributed by atoms with van der Waals surface area (Å²) in [4.78, 5) is 0. The molecule has 1 atom stereocenters. The van der Waals surface area contributed by atoms with Crippen molar-refractivity contribution in [3.8, 4) is 5.75 Å². The molecule has 0 radical (unpaired) electrons. The van der Waals surface area contributed by atoms with Crippen LogP contribution >= 0.6 is 0 Å². The van der Waals surface area contributed by atoms with Gasteiger partial charge >= 0.3 is 0 Å². The van der Waals surface area contributed by atoms with E-state index < -0.39 is 0 Å².